The van der Waals surface area contributed by atoms with Crippen molar-refractivity contribution in [1.29, 1.82) is 0 Å². The van der Waals surface area contributed by atoms with E-state index >= 15 is 0 Å². The largest absolute Gasteiger partial charge is 0.419 e. The molecule has 1 heterocycles. The highest BCUT2D eigenvalue weighted by atomic mass is 28.4. The lowest BCUT2D eigenvalue weighted by atomic mass is 10.2. The predicted octanol–water partition coefficient (Wildman–Crippen LogP) is 11.1. The van der Waals surface area contributed by atoms with Crippen LogP contribution in [0.2, 0.25) is 49.9 Å². The van der Waals surface area contributed by atoms with Gasteiger partial charge >= 0.3 is 0 Å². The molecule has 0 spiro atoms. The van der Waals surface area contributed by atoms with Crippen molar-refractivity contribution < 1.29 is 0 Å². The molecule has 0 bridgehead atoms. The quantitative estimate of drug-likeness (QED) is 0.347. The van der Waals surface area contributed by atoms with Crippen molar-refractivity contribution in [2.45, 2.75) is 174 Å². The Bertz CT molecular complexity index is 774. The molecule has 0 unspecified atom stereocenters. The van der Waals surface area contributed by atoms with Crippen LogP contribution in [-0.4, -0.2) is 34.2 Å². The Morgan fingerprint density at radius 2 is 0.778 bits per heavy atom. The van der Waals surface area contributed by atoms with Crippen LogP contribution in [0.25, 0.3) is 0 Å². The van der Waals surface area contributed by atoms with Crippen LogP contribution in [0.15, 0.2) is 12.4 Å². The first-order valence-electron chi connectivity index (χ1n) is 14.2. The molecule has 0 aliphatic carbocycles. The van der Waals surface area contributed by atoms with Crippen LogP contribution < -0.4 is 4.23 Å². The van der Waals surface area contributed by atoms with Crippen molar-refractivity contribution in [3.63, 3.8) is 0 Å². The normalized spacial score (nSPS) is 15.9. The van der Waals surface area contributed by atoms with Crippen LogP contribution in [0.1, 0.15) is 125 Å². The Morgan fingerprint density at radius 3 is 0.944 bits per heavy atom. The molecule has 6 heteroatoms. The van der Waals surface area contributed by atoms with E-state index in [1.807, 2.05) is 0 Å². The summed E-state index contributed by atoms with van der Waals surface area (Å²) in [5, 5.41) is 5.89. The summed E-state index contributed by atoms with van der Waals surface area (Å²) in [4.78, 5) is 0. The summed E-state index contributed by atoms with van der Waals surface area (Å²) < 4.78 is 5.57. The summed E-state index contributed by atoms with van der Waals surface area (Å²) in [5.41, 5.74) is 1.38. The molecule has 1 rings (SSSR count). The van der Waals surface area contributed by atoms with E-state index in [2.05, 4.69) is 165 Å². The molecule has 0 saturated carbocycles. The van der Waals surface area contributed by atoms with Crippen LogP contribution in [0, 0.1) is 0 Å². The molecular formula is C30H65N3Si3. The van der Waals surface area contributed by atoms with Gasteiger partial charge in [0.15, 0.2) is 24.7 Å². The summed E-state index contributed by atoms with van der Waals surface area (Å²) in [5.74, 6) is 0. The fourth-order valence-corrected chi connectivity index (χ4v) is 37.7. The van der Waals surface area contributed by atoms with E-state index in [1.165, 1.54) is 5.69 Å². The fourth-order valence-electron chi connectivity index (χ4n) is 10.2. The number of hydrogen-bond donors (Lipinski definition) is 0. The molecule has 0 saturated heterocycles. The Balaban J connectivity index is 4.77. The van der Waals surface area contributed by atoms with Gasteiger partial charge in [-0.3, -0.25) is 4.35 Å². The molecule has 0 radical (unpaired) electrons. The van der Waals surface area contributed by atoms with Gasteiger partial charge in [0.1, 0.15) is 0 Å². The number of rotatable bonds is 4. The van der Waals surface area contributed by atoms with Gasteiger partial charge in [0.05, 0.1) is 11.9 Å². The second-order valence-corrected chi connectivity index (χ2v) is 36.6. The molecule has 0 atom stereocenters. The first-order valence-corrected chi connectivity index (χ1v) is 21.5. The van der Waals surface area contributed by atoms with E-state index in [0.29, 0.717) is 0 Å². The maximum Gasteiger partial charge on any atom is 0.176 e. The van der Waals surface area contributed by atoms with Crippen molar-refractivity contribution in [3.8, 4) is 0 Å². The molecule has 0 aliphatic rings. The molecule has 3 nitrogen and oxygen atoms in total. The maximum absolute atomic E-state index is 5.11. The third-order valence-electron chi connectivity index (χ3n) is 8.70. The van der Waals surface area contributed by atoms with Gasteiger partial charge in [-0.2, -0.15) is 5.10 Å². The van der Waals surface area contributed by atoms with Gasteiger partial charge in [0.25, 0.3) is 0 Å². The van der Waals surface area contributed by atoms with Gasteiger partial charge in [0.2, 0.25) is 0 Å². The first kappa shape index (κ1) is 33.7. The number of hydrogen-bond acceptors (Lipinski definition) is 2. The molecule has 0 amide bonds. The zero-order valence-electron chi connectivity index (χ0n) is 28.5. The van der Waals surface area contributed by atoms with E-state index in [9.17, 15) is 0 Å². The second-order valence-electron chi connectivity index (χ2n) is 18.6. The summed E-state index contributed by atoms with van der Waals surface area (Å²) in [6.07, 6.45) is 4.72. The van der Waals surface area contributed by atoms with E-state index in [1.54, 1.807) is 0 Å². The molecular weight excluding hydrogens is 487 g/mol. The zero-order valence-corrected chi connectivity index (χ0v) is 31.5. The standard InChI is InChI=1S/C30H65N3Si3/c1-25(2,3)35(26(4,5)6,27(7,8)9)33(24-22-31-32(23-24)34(19,20)21)36(28(10,11)12,29(13,14)15)30(16,17)18/h22-23H,1-21H3. The Kier molecular flexibility index (Phi) is 8.52. The lowest BCUT2D eigenvalue weighted by Gasteiger charge is -2.75. The topological polar surface area (TPSA) is 21.1 Å². The highest BCUT2D eigenvalue weighted by Gasteiger charge is 2.74. The molecule has 0 fully saturated rings. The van der Waals surface area contributed by atoms with Crippen molar-refractivity contribution >= 4 is 30.4 Å². The van der Waals surface area contributed by atoms with Crippen molar-refractivity contribution in [3.05, 3.63) is 12.4 Å². The molecule has 1 aromatic heterocycles. The predicted molar refractivity (Wildman–Crippen MR) is 173 cm³/mol. The van der Waals surface area contributed by atoms with E-state index in [4.69, 9.17) is 5.10 Å². The summed E-state index contributed by atoms with van der Waals surface area (Å²) >= 11 is 0. The van der Waals surface area contributed by atoms with Crippen LogP contribution >= 0.6 is 0 Å². The summed E-state index contributed by atoms with van der Waals surface area (Å²) in [7, 11) is -6.49. The number of anilines is 1. The lowest BCUT2D eigenvalue weighted by molar-refractivity contribution is 0.497. The highest BCUT2D eigenvalue weighted by Crippen LogP contribution is 2.72. The average Bonchev–Trinajstić information content (AvgIpc) is 2.95. The summed E-state index contributed by atoms with van der Waals surface area (Å²) in [6, 6.07) is 0. The Hall–Kier alpha value is -0.339. The molecule has 0 N–H and O–H groups in total. The van der Waals surface area contributed by atoms with E-state index < -0.39 is 24.7 Å². The SMILES string of the molecule is CC(C)(C)[Si](N(c1cnn([Si](C)(C)C)c1)[Si](C(C)(C)C)(C(C)(C)C)C(C)(C)C)(C(C)(C)C)C(C)(C)C. The van der Waals surface area contributed by atoms with Gasteiger partial charge in [-0.05, 0) is 49.9 Å². The lowest BCUT2D eigenvalue weighted by Crippen LogP contribution is -2.83. The van der Waals surface area contributed by atoms with Crippen LogP contribution in [0.4, 0.5) is 5.69 Å². The first-order chi connectivity index (χ1) is 15.3. The molecule has 36 heavy (non-hydrogen) atoms. The number of aromatic nitrogens is 2. The van der Waals surface area contributed by atoms with Crippen molar-refractivity contribution in [2.75, 3.05) is 4.23 Å². The van der Waals surface area contributed by atoms with E-state index in [0.717, 1.165) is 0 Å². The molecule has 212 valence electrons. The minimum absolute atomic E-state index is 0.130. The van der Waals surface area contributed by atoms with Gasteiger partial charge in [-0.15, -0.1) is 0 Å². The second kappa shape index (κ2) is 9.11. The highest BCUT2D eigenvalue weighted by molar-refractivity contribution is 7.08. The van der Waals surface area contributed by atoms with Gasteiger partial charge in [-0.1, -0.05) is 125 Å². The van der Waals surface area contributed by atoms with Crippen LogP contribution in [0.3, 0.4) is 0 Å². The van der Waals surface area contributed by atoms with Crippen LogP contribution in [0.5, 0.6) is 0 Å². The number of nitrogens with zero attached hydrogens (tertiary/aromatic N) is 3. The fraction of sp³-hybridized carbons (Fsp3) is 0.900. The minimum atomic E-state index is -2.42. The third kappa shape index (κ3) is 5.01. The maximum atomic E-state index is 5.11. The van der Waals surface area contributed by atoms with Crippen molar-refractivity contribution in [2.24, 2.45) is 0 Å². The Labute approximate surface area is 230 Å². The van der Waals surface area contributed by atoms with Crippen LogP contribution in [-0.2, 0) is 0 Å². The molecule has 0 aliphatic heterocycles. The average molecular weight is 552 g/mol. The van der Waals surface area contributed by atoms with Crippen molar-refractivity contribution in [1.82, 2.24) is 9.45 Å². The minimum Gasteiger partial charge on any atom is -0.419 e. The monoisotopic (exact) mass is 551 g/mol. The van der Waals surface area contributed by atoms with Gasteiger partial charge < -0.3 is 4.23 Å². The zero-order chi connectivity index (χ0) is 29.4. The smallest absolute Gasteiger partial charge is 0.176 e. The molecule has 1 aromatic rings. The van der Waals surface area contributed by atoms with E-state index in [-0.39, 0.29) is 30.2 Å². The summed E-state index contributed by atoms with van der Waals surface area (Å²) in [6.45, 7) is 53.2. The van der Waals surface area contributed by atoms with Gasteiger partial charge in [-0.25, -0.2) is 0 Å². The Morgan fingerprint density at radius 1 is 0.528 bits per heavy atom. The third-order valence-corrected chi connectivity index (χ3v) is 27.2. The van der Waals surface area contributed by atoms with Gasteiger partial charge in [0, 0.05) is 6.20 Å². The molecule has 0 aromatic carbocycles.